The number of hydrogen-bond donors (Lipinski definition) is 2. The third-order valence-electron chi connectivity index (χ3n) is 5.88. The number of carbonyl (C=O) groups is 1. The van der Waals surface area contributed by atoms with E-state index in [2.05, 4.69) is 22.2 Å². The highest BCUT2D eigenvalue weighted by molar-refractivity contribution is 7.92. The van der Waals surface area contributed by atoms with Crippen molar-refractivity contribution < 1.29 is 17.9 Å². The largest absolute Gasteiger partial charge is 0.381 e. The van der Waals surface area contributed by atoms with Gasteiger partial charge in [-0.05, 0) is 54.8 Å². The van der Waals surface area contributed by atoms with Gasteiger partial charge in [-0.15, -0.1) is 0 Å². The second-order valence-electron chi connectivity index (χ2n) is 7.94. The van der Waals surface area contributed by atoms with Crippen molar-refractivity contribution in [1.82, 2.24) is 5.32 Å². The number of amides is 1. The number of benzene rings is 3. The quantitative estimate of drug-likeness (QED) is 0.571. The van der Waals surface area contributed by atoms with Crippen LogP contribution < -0.4 is 10.0 Å². The molecule has 1 fully saturated rings. The molecule has 3 aromatic rings. The summed E-state index contributed by atoms with van der Waals surface area (Å²) in [5.41, 5.74) is 1.92. The molecule has 0 spiro atoms. The highest BCUT2D eigenvalue weighted by Gasteiger charge is 2.34. The third kappa shape index (κ3) is 5.00. The maximum absolute atomic E-state index is 12.8. The van der Waals surface area contributed by atoms with Gasteiger partial charge in [-0.3, -0.25) is 9.52 Å². The average molecular weight is 451 g/mol. The Hall–Kier alpha value is -3.16. The molecule has 0 radical (unpaired) electrons. The Morgan fingerprint density at radius 2 is 1.44 bits per heavy atom. The topological polar surface area (TPSA) is 84.5 Å². The van der Waals surface area contributed by atoms with Crippen LogP contribution in [-0.4, -0.2) is 34.1 Å². The molecule has 0 unspecified atom stereocenters. The van der Waals surface area contributed by atoms with E-state index in [-0.39, 0.29) is 16.2 Å². The van der Waals surface area contributed by atoms with Gasteiger partial charge in [0.2, 0.25) is 0 Å². The summed E-state index contributed by atoms with van der Waals surface area (Å²) in [7, 11) is -3.67. The maximum atomic E-state index is 12.8. The molecule has 6 nitrogen and oxygen atoms in total. The second-order valence-corrected chi connectivity index (χ2v) is 9.62. The molecule has 1 aliphatic rings. The first-order valence-electron chi connectivity index (χ1n) is 10.6. The summed E-state index contributed by atoms with van der Waals surface area (Å²) in [5, 5.41) is 3.07. The Balaban J connectivity index is 1.42. The van der Waals surface area contributed by atoms with E-state index in [9.17, 15) is 13.2 Å². The second kappa shape index (κ2) is 9.54. The van der Waals surface area contributed by atoms with Gasteiger partial charge in [-0.25, -0.2) is 8.42 Å². The van der Waals surface area contributed by atoms with E-state index < -0.39 is 10.0 Å². The first-order valence-corrected chi connectivity index (χ1v) is 12.1. The SMILES string of the molecule is O=C(NCC1(c2ccccc2)CCOCC1)c1ccc(NS(=O)(=O)c2ccccc2)cc1. The summed E-state index contributed by atoms with van der Waals surface area (Å²) in [6.07, 6.45) is 1.69. The fourth-order valence-corrected chi connectivity index (χ4v) is 5.06. The standard InChI is InChI=1S/C25H26N2O4S/c28-24(26-19-25(15-17-31-18-16-25)21-7-3-1-4-8-21)20-11-13-22(14-12-20)27-32(29,30)23-9-5-2-6-10-23/h1-14,27H,15-19H2,(H,26,28). The summed E-state index contributed by atoms with van der Waals surface area (Å²) >= 11 is 0. The lowest BCUT2D eigenvalue weighted by molar-refractivity contribution is 0.0487. The number of carbonyl (C=O) groups excluding carboxylic acids is 1. The molecule has 0 bridgehead atoms. The Morgan fingerprint density at radius 3 is 2.06 bits per heavy atom. The highest BCUT2D eigenvalue weighted by Crippen LogP contribution is 2.34. The molecule has 32 heavy (non-hydrogen) atoms. The normalized spacial score (nSPS) is 15.6. The van der Waals surface area contributed by atoms with Crippen molar-refractivity contribution in [2.24, 2.45) is 0 Å². The van der Waals surface area contributed by atoms with Gasteiger partial charge >= 0.3 is 0 Å². The van der Waals surface area contributed by atoms with E-state index in [0.717, 1.165) is 12.8 Å². The molecule has 7 heteroatoms. The number of anilines is 1. The number of hydrogen-bond acceptors (Lipinski definition) is 4. The van der Waals surface area contributed by atoms with Crippen molar-refractivity contribution in [2.75, 3.05) is 24.5 Å². The molecule has 1 saturated heterocycles. The lowest BCUT2D eigenvalue weighted by Crippen LogP contribution is -2.44. The molecule has 4 rings (SSSR count). The zero-order chi connectivity index (χ0) is 22.4. The molecule has 1 amide bonds. The van der Waals surface area contributed by atoms with Crippen LogP contribution in [0.15, 0.2) is 89.8 Å². The first kappa shape index (κ1) is 22.0. The average Bonchev–Trinajstić information content (AvgIpc) is 2.84. The van der Waals surface area contributed by atoms with E-state index in [1.807, 2.05) is 18.2 Å². The van der Waals surface area contributed by atoms with Crippen LogP contribution in [0.5, 0.6) is 0 Å². The van der Waals surface area contributed by atoms with Gasteiger partial charge in [0.05, 0.1) is 4.90 Å². The highest BCUT2D eigenvalue weighted by atomic mass is 32.2. The van der Waals surface area contributed by atoms with Crippen molar-refractivity contribution in [3.63, 3.8) is 0 Å². The van der Waals surface area contributed by atoms with Crippen molar-refractivity contribution in [3.8, 4) is 0 Å². The van der Waals surface area contributed by atoms with Crippen LogP contribution in [-0.2, 0) is 20.2 Å². The Kier molecular flexibility index (Phi) is 6.58. The predicted octanol–water partition coefficient (Wildman–Crippen LogP) is 3.97. The summed E-state index contributed by atoms with van der Waals surface area (Å²) in [5.74, 6) is -0.190. The summed E-state index contributed by atoms with van der Waals surface area (Å²) in [6, 6.07) is 24.8. The van der Waals surface area contributed by atoms with Gasteiger partial charge in [-0.1, -0.05) is 48.5 Å². The molecule has 1 heterocycles. The van der Waals surface area contributed by atoms with Crippen LogP contribution in [0.1, 0.15) is 28.8 Å². The van der Waals surface area contributed by atoms with E-state index in [1.54, 1.807) is 42.5 Å². The van der Waals surface area contributed by atoms with Crippen LogP contribution in [0.25, 0.3) is 0 Å². The third-order valence-corrected chi connectivity index (χ3v) is 7.27. The molecule has 3 aromatic carbocycles. The number of ether oxygens (including phenoxy) is 1. The molecule has 0 saturated carbocycles. The smallest absolute Gasteiger partial charge is 0.261 e. The number of rotatable bonds is 7. The molecular weight excluding hydrogens is 424 g/mol. The van der Waals surface area contributed by atoms with Crippen LogP contribution >= 0.6 is 0 Å². The van der Waals surface area contributed by atoms with Gasteiger partial charge in [0.15, 0.2) is 0 Å². The zero-order valence-corrected chi connectivity index (χ0v) is 18.5. The van der Waals surface area contributed by atoms with Gasteiger partial charge in [0.1, 0.15) is 0 Å². The lowest BCUT2D eigenvalue weighted by atomic mass is 9.74. The molecule has 2 N–H and O–H groups in total. The first-order chi connectivity index (χ1) is 15.5. The van der Waals surface area contributed by atoms with Crippen molar-refractivity contribution >= 4 is 21.6 Å². The minimum Gasteiger partial charge on any atom is -0.381 e. The molecular formula is C25H26N2O4S. The lowest BCUT2D eigenvalue weighted by Gasteiger charge is -2.38. The molecule has 1 aliphatic heterocycles. The van der Waals surface area contributed by atoms with Crippen LogP contribution in [0, 0.1) is 0 Å². The van der Waals surface area contributed by atoms with Gasteiger partial charge in [-0.2, -0.15) is 0 Å². The number of nitrogens with one attached hydrogen (secondary N) is 2. The fraction of sp³-hybridized carbons (Fsp3) is 0.240. The monoisotopic (exact) mass is 450 g/mol. The zero-order valence-electron chi connectivity index (χ0n) is 17.7. The van der Waals surface area contributed by atoms with Crippen LogP contribution in [0.4, 0.5) is 5.69 Å². The Morgan fingerprint density at radius 1 is 0.844 bits per heavy atom. The molecule has 0 aromatic heterocycles. The van der Waals surface area contributed by atoms with Crippen molar-refractivity contribution in [1.29, 1.82) is 0 Å². The van der Waals surface area contributed by atoms with E-state index in [0.29, 0.717) is 31.0 Å². The van der Waals surface area contributed by atoms with E-state index in [4.69, 9.17) is 4.74 Å². The number of sulfonamides is 1. The van der Waals surface area contributed by atoms with Crippen LogP contribution in [0.3, 0.4) is 0 Å². The van der Waals surface area contributed by atoms with Gasteiger partial charge in [0, 0.05) is 36.4 Å². The Labute approximate surface area is 188 Å². The molecule has 0 aliphatic carbocycles. The fourth-order valence-electron chi connectivity index (χ4n) is 3.98. The van der Waals surface area contributed by atoms with Gasteiger partial charge in [0.25, 0.3) is 15.9 Å². The van der Waals surface area contributed by atoms with Crippen LogP contribution in [0.2, 0.25) is 0 Å². The maximum Gasteiger partial charge on any atom is 0.261 e. The summed E-state index contributed by atoms with van der Waals surface area (Å²) in [4.78, 5) is 13.0. The predicted molar refractivity (Wildman–Crippen MR) is 124 cm³/mol. The minimum atomic E-state index is -3.67. The van der Waals surface area contributed by atoms with Crippen molar-refractivity contribution in [3.05, 3.63) is 96.1 Å². The van der Waals surface area contributed by atoms with E-state index >= 15 is 0 Å². The summed E-state index contributed by atoms with van der Waals surface area (Å²) in [6.45, 7) is 1.85. The summed E-state index contributed by atoms with van der Waals surface area (Å²) < 4.78 is 33.0. The minimum absolute atomic E-state index is 0.152. The Bertz CT molecular complexity index is 1140. The van der Waals surface area contributed by atoms with Crippen molar-refractivity contribution in [2.45, 2.75) is 23.2 Å². The molecule has 166 valence electrons. The van der Waals surface area contributed by atoms with Gasteiger partial charge < -0.3 is 10.1 Å². The molecule has 0 atom stereocenters. The van der Waals surface area contributed by atoms with E-state index in [1.165, 1.54) is 17.7 Å².